The summed E-state index contributed by atoms with van der Waals surface area (Å²) in [7, 11) is 1.35. The van der Waals surface area contributed by atoms with Crippen LogP contribution >= 0.6 is 0 Å². The number of fused-ring (bicyclic) bond motifs is 2. The van der Waals surface area contributed by atoms with E-state index in [2.05, 4.69) is 35.7 Å². The van der Waals surface area contributed by atoms with Gasteiger partial charge in [0.2, 0.25) is 17.8 Å². The van der Waals surface area contributed by atoms with Gasteiger partial charge in [0.15, 0.2) is 5.78 Å². The number of imide groups is 2. The normalized spacial score (nSPS) is 18.5. The molecule has 62 heavy (non-hydrogen) atoms. The molecule has 2 saturated heterocycles. The fourth-order valence-corrected chi connectivity index (χ4v) is 9.10. The molecule has 0 radical (unpaired) electrons. The number of piperazine rings is 1. The first kappa shape index (κ1) is 42.1. The van der Waals surface area contributed by atoms with E-state index in [-0.39, 0.29) is 65.3 Å². The highest BCUT2D eigenvalue weighted by Gasteiger charge is 2.47. The minimum absolute atomic E-state index is 0.00453. The second-order valence-corrected chi connectivity index (χ2v) is 16.4. The van der Waals surface area contributed by atoms with Crippen LogP contribution in [0.1, 0.15) is 101 Å². The van der Waals surface area contributed by atoms with Gasteiger partial charge in [-0.3, -0.25) is 52.8 Å². The first-order valence-electron chi connectivity index (χ1n) is 21.4. The van der Waals surface area contributed by atoms with Gasteiger partial charge in [0.1, 0.15) is 17.5 Å². The lowest BCUT2D eigenvalue weighted by Gasteiger charge is -2.36. The number of aromatic nitrogens is 4. The number of hydrogen-bond acceptors (Lipinski definition) is 14. The fourth-order valence-electron chi connectivity index (χ4n) is 9.10. The maximum Gasteiger partial charge on any atom is 0.264 e. The number of piperidine rings is 1. The molecule has 18 nitrogen and oxygen atoms in total. The van der Waals surface area contributed by atoms with E-state index in [1.165, 1.54) is 20.0 Å². The lowest BCUT2D eigenvalue weighted by atomic mass is 10.0. The molecule has 4 aromatic rings. The van der Waals surface area contributed by atoms with Gasteiger partial charge in [-0.1, -0.05) is 18.9 Å². The van der Waals surface area contributed by atoms with Gasteiger partial charge in [0, 0.05) is 69.5 Å². The van der Waals surface area contributed by atoms with Crippen molar-refractivity contribution in [2.24, 2.45) is 0 Å². The van der Waals surface area contributed by atoms with Crippen LogP contribution in [0.4, 0.5) is 23.1 Å². The largest absolute Gasteiger partial charge is 0.375 e. The number of benzene rings is 1. The third-order valence-corrected chi connectivity index (χ3v) is 12.5. The molecule has 4 aliphatic rings. The van der Waals surface area contributed by atoms with Gasteiger partial charge in [-0.15, -0.1) is 0 Å². The number of nitrogens with one attached hydrogen (secondary N) is 3. The van der Waals surface area contributed by atoms with Crippen LogP contribution in [0.3, 0.4) is 0 Å². The molecule has 1 atom stereocenters. The Hall–Kier alpha value is -6.56. The summed E-state index contributed by atoms with van der Waals surface area (Å²) < 4.78 is 1.70. The van der Waals surface area contributed by atoms with Crippen molar-refractivity contribution < 1.29 is 28.8 Å². The maximum absolute atomic E-state index is 13.6. The molecule has 1 aromatic carbocycles. The minimum Gasteiger partial charge on any atom is -0.375 e. The number of amides is 5. The predicted molar refractivity (Wildman–Crippen MR) is 231 cm³/mol. The Labute approximate surface area is 358 Å². The standard InChI is InChI=1S/C44H51N11O7/c1-26-31-24-48-44(50-39(31)54(28-9-4-5-10-28)42(61)37(26)27(2)56)49-34-15-13-29(23-47-34)53-21-19-52(20-22-53)18-7-6-17-45-35(57)25-46-32-12-8-11-30-38(32)43(62)55(40(30)59)33-14-16-36(58)51(3)41(33)60/h8,11-13,15,23-24,28,33,46H,4-7,9-10,14,16-22,25H2,1-3H3,(H,45,57)(H,47,48,49,50). The van der Waals surface area contributed by atoms with Crippen molar-refractivity contribution in [3.8, 4) is 0 Å². The summed E-state index contributed by atoms with van der Waals surface area (Å²) in [4.78, 5) is 111. The van der Waals surface area contributed by atoms with Gasteiger partial charge < -0.3 is 20.9 Å². The number of hydrogen-bond donors (Lipinski definition) is 3. The Balaban J connectivity index is 0.769. The third kappa shape index (κ3) is 8.25. The quantitative estimate of drug-likeness (QED) is 0.0944. The number of rotatable bonds is 14. The molecule has 324 valence electrons. The van der Waals surface area contributed by atoms with Crippen molar-refractivity contribution >= 4 is 69.5 Å². The molecule has 8 rings (SSSR count). The number of carbonyl (C=O) groups is 6. The number of Topliss-reactive ketones (excluding diaryl/α,β-unsaturated/α-hetero) is 1. The second kappa shape index (κ2) is 17.8. The molecular formula is C44H51N11O7. The number of unbranched alkanes of at least 4 members (excludes halogenated alkanes) is 1. The highest BCUT2D eigenvalue weighted by atomic mass is 16.2. The van der Waals surface area contributed by atoms with Crippen molar-refractivity contribution in [3.63, 3.8) is 0 Å². The summed E-state index contributed by atoms with van der Waals surface area (Å²) in [5, 5.41) is 9.79. The number of aryl methyl sites for hydroxylation is 1. The molecule has 6 heterocycles. The highest BCUT2D eigenvalue weighted by molar-refractivity contribution is 6.25. The number of nitrogens with zero attached hydrogens (tertiary/aromatic N) is 8. The van der Waals surface area contributed by atoms with Crippen LogP contribution < -0.4 is 26.4 Å². The molecular weight excluding hydrogens is 795 g/mol. The van der Waals surface area contributed by atoms with Crippen LogP contribution in [0.25, 0.3) is 11.0 Å². The Bertz CT molecular complexity index is 2510. The molecule has 3 N–H and O–H groups in total. The van der Waals surface area contributed by atoms with Crippen LogP contribution in [0.5, 0.6) is 0 Å². The number of anilines is 4. The molecule has 18 heteroatoms. The van der Waals surface area contributed by atoms with Gasteiger partial charge in [-0.2, -0.15) is 4.98 Å². The van der Waals surface area contributed by atoms with E-state index in [9.17, 15) is 33.6 Å². The minimum atomic E-state index is -1.05. The summed E-state index contributed by atoms with van der Waals surface area (Å²) in [5.74, 6) is -1.76. The molecule has 0 spiro atoms. The molecule has 3 aliphatic heterocycles. The van der Waals surface area contributed by atoms with Crippen LogP contribution in [0.2, 0.25) is 0 Å². The van der Waals surface area contributed by atoms with Gasteiger partial charge in [0.25, 0.3) is 23.3 Å². The highest BCUT2D eigenvalue weighted by Crippen LogP contribution is 2.34. The number of ketones is 1. The summed E-state index contributed by atoms with van der Waals surface area (Å²) in [6, 6.07) is 7.61. The van der Waals surface area contributed by atoms with E-state index in [0.29, 0.717) is 40.6 Å². The molecule has 0 bridgehead atoms. The van der Waals surface area contributed by atoms with E-state index in [0.717, 1.165) is 86.7 Å². The number of likely N-dealkylation sites (tertiary alicyclic amines) is 1. The average molecular weight is 846 g/mol. The lowest BCUT2D eigenvalue weighted by molar-refractivity contribution is -0.149. The zero-order valence-corrected chi connectivity index (χ0v) is 35.2. The Morgan fingerprint density at radius 3 is 2.39 bits per heavy atom. The number of carbonyl (C=O) groups excluding carboxylic acids is 6. The first-order chi connectivity index (χ1) is 29.9. The lowest BCUT2D eigenvalue weighted by Crippen LogP contribution is -2.54. The topological polar surface area (TPSA) is 212 Å². The number of pyridine rings is 2. The van der Waals surface area contributed by atoms with Crippen LogP contribution in [-0.2, 0) is 14.4 Å². The molecule has 3 fully saturated rings. The zero-order valence-electron chi connectivity index (χ0n) is 35.2. The Morgan fingerprint density at radius 2 is 1.66 bits per heavy atom. The van der Waals surface area contributed by atoms with Crippen LogP contribution in [-0.4, -0.2) is 128 Å². The van der Waals surface area contributed by atoms with E-state index in [4.69, 9.17) is 4.98 Å². The molecule has 1 aliphatic carbocycles. The molecule has 3 aromatic heterocycles. The van der Waals surface area contributed by atoms with Crippen molar-refractivity contribution in [1.29, 1.82) is 0 Å². The Kier molecular flexibility index (Phi) is 12.1. The van der Waals surface area contributed by atoms with Crippen molar-refractivity contribution in [3.05, 3.63) is 75.3 Å². The van der Waals surface area contributed by atoms with Gasteiger partial charge in [0.05, 0.1) is 35.1 Å². The SMILES string of the molecule is CC(=O)c1c(C)c2cnc(Nc3ccc(N4CCN(CCCCNC(=O)CNc5cccc6c5C(=O)N(C5CCC(=O)N(C)C5=O)C6=O)CC4)cn3)nc2n(C2CCCC2)c1=O. The van der Waals surface area contributed by atoms with Crippen LogP contribution in [0.15, 0.2) is 47.5 Å². The maximum atomic E-state index is 13.6. The van der Waals surface area contributed by atoms with Gasteiger partial charge >= 0.3 is 0 Å². The van der Waals surface area contributed by atoms with E-state index >= 15 is 0 Å². The zero-order chi connectivity index (χ0) is 43.7. The fraction of sp³-hybridized carbons (Fsp3) is 0.455. The molecule has 5 amide bonds. The van der Waals surface area contributed by atoms with E-state index < -0.39 is 23.8 Å². The third-order valence-electron chi connectivity index (χ3n) is 12.5. The first-order valence-corrected chi connectivity index (χ1v) is 21.4. The number of likely N-dealkylation sites (N-methyl/N-ethyl adjacent to an activating group) is 1. The van der Waals surface area contributed by atoms with E-state index in [1.54, 1.807) is 29.8 Å². The monoisotopic (exact) mass is 845 g/mol. The van der Waals surface area contributed by atoms with Crippen molar-refractivity contribution in [1.82, 2.24) is 39.5 Å². The van der Waals surface area contributed by atoms with Gasteiger partial charge in [-0.05, 0) is 82.3 Å². The predicted octanol–water partition coefficient (Wildman–Crippen LogP) is 3.43. The van der Waals surface area contributed by atoms with Crippen molar-refractivity contribution in [2.45, 2.75) is 77.3 Å². The average Bonchev–Trinajstić information content (AvgIpc) is 3.88. The summed E-state index contributed by atoms with van der Waals surface area (Å²) in [5.41, 5.74) is 2.65. The molecule has 1 saturated carbocycles. The van der Waals surface area contributed by atoms with Crippen LogP contribution in [0, 0.1) is 6.92 Å². The van der Waals surface area contributed by atoms with Gasteiger partial charge in [-0.25, -0.2) is 9.97 Å². The summed E-state index contributed by atoms with van der Waals surface area (Å²) >= 11 is 0. The Morgan fingerprint density at radius 1 is 0.887 bits per heavy atom. The summed E-state index contributed by atoms with van der Waals surface area (Å²) in [6.45, 7) is 7.95. The second-order valence-electron chi connectivity index (χ2n) is 16.4. The smallest absolute Gasteiger partial charge is 0.264 e. The van der Waals surface area contributed by atoms with E-state index in [1.807, 2.05) is 18.3 Å². The molecule has 1 unspecified atom stereocenters. The summed E-state index contributed by atoms with van der Waals surface area (Å²) in [6.07, 6.45) is 9.12. The van der Waals surface area contributed by atoms with Crippen molar-refractivity contribution in [2.75, 3.05) is 68.4 Å².